The van der Waals surface area contributed by atoms with Crippen molar-refractivity contribution >= 4 is 10.0 Å². The Kier molecular flexibility index (Phi) is 4.23. The van der Waals surface area contributed by atoms with Gasteiger partial charge in [-0.05, 0) is 11.6 Å². The highest BCUT2D eigenvalue weighted by molar-refractivity contribution is 7.89. The average Bonchev–Trinajstić information content (AvgIpc) is 2.29. The smallest absolute Gasteiger partial charge is 0.243 e. The Bertz CT molecular complexity index is 468. The SMILES string of the molecule is C=CCN(C)S(=O)(=O)c1ccccc1CO. The molecule has 0 saturated carbocycles. The van der Waals surface area contributed by atoms with Crippen LogP contribution in [0.15, 0.2) is 41.8 Å². The third-order valence-corrected chi connectivity index (χ3v) is 4.14. The lowest BCUT2D eigenvalue weighted by Gasteiger charge is -2.16. The third kappa shape index (κ3) is 2.49. The molecule has 1 rings (SSSR count). The summed E-state index contributed by atoms with van der Waals surface area (Å²) < 4.78 is 25.3. The predicted octanol–water partition coefficient (Wildman–Crippen LogP) is 0.985. The Labute approximate surface area is 95.9 Å². The molecule has 1 aromatic rings. The lowest BCUT2D eigenvalue weighted by atomic mass is 10.2. The summed E-state index contributed by atoms with van der Waals surface area (Å²) in [4.78, 5) is 0.141. The molecule has 0 fully saturated rings. The molecule has 88 valence electrons. The fraction of sp³-hybridized carbons (Fsp3) is 0.273. The number of aliphatic hydroxyl groups excluding tert-OH is 1. The zero-order valence-corrected chi connectivity index (χ0v) is 9.94. The van der Waals surface area contributed by atoms with Gasteiger partial charge in [-0.1, -0.05) is 24.3 Å². The van der Waals surface area contributed by atoms with Crippen LogP contribution in [0.5, 0.6) is 0 Å². The topological polar surface area (TPSA) is 57.6 Å². The second kappa shape index (κ2) is 5.25. The summed E-state index contributed by atoms with van der Waals surface area (Å²) in [5.41, 5.74) is 0.401. The van der Waals surface area contributed by atoms with E-state index in [1.807, 2.05) is 0 Å². The van der Waals surface area contributed by atoms with Crippen molar-refractivity contribution in [2.45, 2.75) is 11.5 Å². The van der Waals surface area contributed by atoms with Gasteiger partial charge in [-0.15, -0.1) is 6.58 Å². The second-order valence-electron chi connectivity index (χ2n) is 3.34. The molecule has 0 heterocycles. The molecule has 5 heteroatoms. The van der Waals surface area contributed by atoms with Crippen molar-refractivity contribution in [1.29, 1.82) is 0 Å². The molecule has 0 bridgehead atoms. The van der Waals surface area contributed by atoms with Crippen LogP contribution in [0.1, 0.15) is 5.56 Å². The van der Waals surface area contributed by atoms with E-state index in [1.165, 1.54) is 23.5 Å². The molecule has 0 amide bonds. The first-order chi connectivity index (χ1) is 7.54. The van der Waals surface area contributed by atoms with Gasteiger partial charge >= 0.3 is 0 Å². The Hall–Kier alpha value is -1.17. The Morgan fingerprint density at radius 1 is 1.44 bits per heavy atom. The minimum absolute atomic E-state index is 0.141. The van der Waals surface area contributed by atoms with Gasteiger partial charge in [-0.2, -0.15) is 4.31 Å². The van der Waals surface area contributed by atoms with E-state index >= 15 is 0 Å². The summed E-state index contributed by atoms with van der Waals surface area (Å²) in [6.07, 6.45) is 1.51. The van der Waals surface area contributed by atoms with E-state index in [0.717, 1.165) is 0 Å². The van der Waals surface area contributed by atoms with Crippen molar-refractivity contribution in [2.75, 3.05) is 13.6 Å². The molecule has 0 saturated heterocycles. The largest absolute Gasteiger partial charge is 0.392 e. The van der Waals surface area contributed by atoms with E-state index in [0.29, 0.717) is 5.56 Å². The minimum Gasteiger partial charge on any atom is -0.392 e. The summed E-state index contributed by atoms with van der Waals surface area (Å²) >= 11 is 0. The highest BCUT2D eigenvalue weighted by Gasteiger charge is 2.22. The number of rotatable bonds is 5. The Morgan fingerprint density at radius 2 is 2.06 bits per heavy atom. The molecular weight excluding hydrogens is 226 g/mol. The molecule has 0 aliphatic rings. The monoisotopic (exact) mass is 241 g/mol. The van der Waals surface area contributed by atoms with E-state index in [2.05, 4.69) is 6.58 Å². The van der Waals surface area contributed by atoms with E-state index in [-0.39, 0.29) is 18.0 Å². The van der Waals surface area contributed by atoms with Gasteiger partial charge in [0.25, 0.3) is 0 Å². The molecule has 1 N–H and O–H groups in total. The van der Waals surface area contributed by atoms with Crippen LogP contribution in [0, 0.1) is 0 Å². The van der Waals surface area contributed by atoms with E-state index in [4.69, 9.17) is 5.11 Å². The van der Waals surface area contributed by atoms with Gasteiger partial charge in [0.2, 0.25) is 10.0 Å². The third-order valence-electron chi connectivity index (χ3n) is 2.22. The van der Waals surface area contributed by atoms with Crippen LogP contribution in [-0.2, 0) is 16.6 Å². The van der Waals surface area contributed by atoms with Crippen LogP contribution < -0.4 is 0 Å². The summed E-state index contributed by atoms with van der Waals surface area (Å²) in [5.74, 6) is 0. The van der Waals surface area contributed by atoms with Gasteiger partial charge in [0.1, 0.15) is 0 Å². The van der Waals surface area contributed by atoms with Crippen LogP contribution in [0.4, 0.5) is 0 Å². The van der Waals surface area contributed by atoms with Gasteiger partial charge in [0.15, 0.2) is 0 Å². The molecular formula is C11H15NO3S. The number of sulfonamides is 1. The standard InChI is InChI=1S/C11H15NO3S/c1-3-8-12(2)16(14,15)11-7-5-4-6-10(11)9-13/h3-7,13H,1,8-9H2,2H3. The average molecular weight is 241 g/mol. The maximum atomic E-state index is 12.1. The fourth-order valence-corrected chi connectivity index (χ4v) is 2.69. The van der Waals surface area contributed by atoms with E-state index < -0.39 is 10.0 Å². The molecule has 0 aliphatic heterocycles. The van der Waals surface area contributed by atoms with Gasteiger partial charge in [0, 0.05) is 13.6 Å². The molecule has 1 aromatic carbocycles. The highest BCUT2D eigenvalue weighted by Crippen LogP contribution is 2.18. The number of hydrogen-bond donors (Lipinski definition) is 1. The normalized spacial score (nSPS) is 11.7. The van der Waals surface area contributed by atoms with Crippen molar-refractivity contribution in [3.63, 3.8) is 0 Å². The molecule has 0 atom stereocenters. The summed E-state index contributed by atoms with van der Waals surface area (Å²) in [5, 5.41) is 9.09. The van der Waals surface area contributed by atoms with Crippen LogP contribution in [0.3, 0.4) is 0 Å². The first-order valence-electron chi connectivity index (χ1n) is 4.80. The van der Waals surface area contributed by atoms with Crippen LogP contribution >= 0.6 is 0 Å². The summed E-state index contributed by atoms with van der Waals surface area (Å²) in [6.45, 7) is 3.44. The van der Waals surface area contributed by atoms with Crippen LogP contribution in [-0.4, -0.2) is 31.4 Å². The zero-order chi connectivity index (χ0) is 12.2. The first kappa shape index (κ1) is 12.9. The minimum atomic E-state index is -3.54. The number of benzene rings is 1. The second-order valence-corrected chi connectivity index (χ2v) is 5.35. The van der Waals surface area contributed by atoms with Gasteiger partial charge in [0.05, 0.1) is 11.5 Å². The fourth-order valence-electron chi connectivity index (χ4n) is 1.33. The maximum absolute atomic E-state index is 12.1. The predicted molar refractivity (Wildman–Crippen MR) is 62.4 cm³/mol. The highest BCUT2D eigenvalue weighted by atomic mass is 32.2. The molecule has 16 heavy (non-hydrogen) atoms. The van der Waals surface area contributed by atoms with Crippen molar-refractivity contribution in [2.24, 2.45) is 0 Å². The first-order valence-corrected chi connectivity index (χ1v) is 6.24. The van der Waals surface area contributed by atoms with Crippen molar-refractivity contribution in [3.8, 4) is 0 Å². The number of likely N-dealkylation sites (N-methyl/N-ethyl adjacent to an activating group) is 1. The van der Waals surface area contributed by atoms with E-state index in [1.54, 1.807) is 18.2 Å². The quantitative estimate of drug-likeness (QED) is 0.782. The molecule has 0 aliphatic carbocycles. The molecule has 0 radical (unpaired) electrons. The number of nitrogens with zero attached hydrogens (tertiary/aromatic N) is 1. The Balaban J connectivity index is 3.21. The van der Waals surface area contributed by atoms with Gasteiger partial charge < -0.3 is 5.11 Å². The lowest BCUT2D eigenvalue weighted by molar-refractivity contribution is 0.278. The molecule has 4 nitrogen and oxygen atoms in total. The van der Waals surface area contributed by atoms with Gasteiger partial charge in [-0.25, -0.2) is 8.42 Å². The van der Waals surface area contributed by atoms with Crippen LogP contribution in [0.2, 0.25) is 0 Å². The van der Waals surface area contributed by atoms with Crippen molar-refractivity contribution in [1.82, 2.24) is 4.31 Å². The maximum Gasteiger partial charge on any atom is 0.243 e. The summed E-state index contributed by atoms with van der Waals surface area (Å²) in [6, 6.07) is 6.40. The Morgan fingerprint density at radius 3 is 2.62 bits per heavy atom. The summed E-state index contributed by atoms with van der Waals surface area (Å²) in [7, 11) is -2.06. The van der Waals surface area contributed by atoms with Gasteiger partial charge in [-0.3, -0.25) is 0 Å². The van der Waals surface area contributed by atoms with Crippen molar-refractivity contribution < 1.29 is 13.5 Å². The lowest BCUT2D eigenvalue weighted by Crippen LogP contribution is -2.27. The molecule has 0 aromatic heterocycles. The van der Waals surface area contributed by atoms with Crippen molar-refractivity contribution in [3.05, 3.63) is 42.5 Å². The number of hydrogen-bond acceptors (Lipinski definition) is 3. The molecule has 0 unspecified atom stereocenters. The van der Waals surface area contributed by atoms with E-state index in [9.17, 15) is 8.42 Å². The molecule has 0 spiro atoms. The van der Waals surface area contributed by atoms with Crippen LogP contribution in [0.25, 0.3) is 0 Å². The number of aliphatic hydroxyl groups is 1. The zero-order valence-electron chi connectivity index (χ0n) is 9.13.